The van der Waals surface area contributed by atoms with Gasteiger partial charge in [0.15, 0.2) is 0 Å². The monoisotopic (exact) mass is 414 g/mol. The number of carbonyl (C=O) groups is 2. The van der Waals surface area contributed by atoms with Gasteiger partial charge in [-0.25, -0.2) is 0 Å². The molecule has 154 valence electrons. The van der Waals surface area contributed by atoms with Crippen molar-refractivity contribution in [3.63, 3.8) is 0 Å². The van der Waals surface area contributed by atoms with Gasteiger partial charge in [-0.3, -0.25) is 9.59 Å². The van der Waals surface area contributed by atoms with Gasteiger partial charge in [-0.15, -0.1) is 0 Å². The van der Waals surface area contributed by atoms with Gasteiger partial charge in [-0.2, -0.15) is 0 Å². The average molecular weight is 415 g/mol. The van der Waals surface area contributed by atoms with Crippen molar-refractivity contribution >= 4 is 23.4 Å². The molecule has 0 radical (unpaired) electrons. The van der Waals surface area contributed by atoms with Crippen LogP contribution in [0.4, 0.5) is 0 Å². The first-order chi connectivity index (χ1) is 14.0. The Balaban J connectivity index is 1.34. The van der Waals surface area contributed by atoms with Gasteiger partial charge in [0.05, 0.1) is 6.61 Å². The molecule has 6 heteroatoms. The van der Waals surface area contributed by atoms with Crippen molar-refractivity contribution in [2.75, 3.05) is 26.2 Å². The Hall–Kier alpha value is -2.53. The molecule has 1 N–H and O–H groups in total. The molecule has 1 heterocycles. The summed E-state index contributed by atoms with van der Waals surface area (Å²) in [5.74, 6) is 0.879. The Kier molecular flexibility index (Phi) is 7.53. The maximum Gasteiger partial charge on any atom is 0.253 e. The molecule has 0 saturated carbocycles. The van der Waals surface area contributed by atoms with E-state index in [1.54, 1.807) is 24.3 Å². The Morgan fingerprint density at radius 3 is 2.55 bits per heavy atom. The zero-order chi connectivity index (χ0) is 20.6. The van der Waals surface area contributed by atoms with Crippen LogP contribution in [0.25, 0.3) is 0 Å². The maximum absolute atomic E-state index is 12.5. The van der Waals surface area contributed by atoms with E-state index in [9.17, 15) is 9.59 Å². The molecule has 29 heavy (non-hydrogen) atoms. The molecule has 0 spiro atoms. The van der Waals surface area contributed by atoms with Crippen LogP contribution in [0.15, 0.2) is 48.5 Å². The standard InChI is InChI=1S/C23H27ClN2O3/c1-17-4-2-5-21(16-17)29-15-3-12-25-22(27)18-10-13-26(14-11-18)23(28)19-6-8-20(24)9-7-19/h2,4-9,16,18H,3,10-15H2,1H3,(H,25,27). The molecule has 0 bridgehead atoms. The van der Waals surface area contributed by atoms with Crippen LogP contribution in [0.3, 0.4) is 0 Å². The van der Waals surface area contributed by atoms with E-state index in [1.807, 2.05) is 36.1 Å². The van der Waals surface area contributed by atoms with Crippen molar-refractivity contribution < 1.29 is 14.3 Å². The van der Waals surface area contributed by atoms with Gasteiger partial charge in [0.1, 0.15) is 5.75 Å². The molecule has 2 aromatic rings. The van der Waals surface area contributed by atoms with Crippen molar-refractivity contribution in [3.05, 3.63) is 64.7 Å². The summed E-state index contributed by atoms with van der Waals surface area (Å²) >= 11 is 5.88. The van der Waals surface area contributed by atoms with E-state index in [1.165, 1.54) is 0 Å². The molecule has 2 amide bonds. The summed E-state index contributed by atoms with van der Waals surface area (Å²) < 4.78 is 5.70. The van der Waals surface area contributed by atoms with Crippen molar-refractivity contribution in [1.82, 2.24) is 10.2 Å². The zero-order valence-corrected chi connectivity index (χ0v) is 17.5. The van der Waals surface area contributed by atoms with Gasteiger partial charge < -0.3 is 15.0 Å². The van der Waals surface area contributed by atoms with Crippen LogP contribution >= 0.6 is 11.6 Å². The lowest BCUT2D eigenvalue weighted by atomic mass is 9.95. The third-order valence-corrected chi connectivity index (χ3v) is 5.37. The van der Waals surface area contributed by atoms with Crippen molar-refractivity contribution in [2.24, 2.45) is 5.92 Å². The molecule has 1 saturated heterocycles. The van der Waals surface area contributed by atoms with Crippen molar-refractivity contribution in [2.45, 2.75) is 26.2 Å². The lowest BCUT2D eigenvalue weighted by Crippen LogP contribution is -2.43. The molecule has 1 fully saturated rings. The lowest BCUT2D eigenvalue weighted by Gasteiger charge is -2.31. The minimum Gasteiger partial charge on any atom is -0.494 e. The summed E-state index contributed by atoms with van der Waals surface area (Å²) in [6.45, 7) is 4.37. The maximum atomic E-state index is 12.5. The second-order valence-corrected chi connectivity index (χ2v) is 7.82. The van der Waals surface area contributed by atoms with Gasteiger partial charge in [-0.1, -0.05) is 23.7 Å². The van der Waals surface area contributed by atoms with Crippen LogP contribution in [0, 0.1) is 12.8 Å². The number of aryl methyl sites for hydroxylation is 1. The molecule has 1 aliphatic rings. The van der Waals surface area contributed by atoms with Gasteiger partial charge in [0.25, 0.3) is 5.91 Å². The topological polar surface area (TPSA) is 58.6 Å². The van der Waals surface area contributed by atoms with E-state index in [2.05, 4.69) is 5.32 Å². The Bertz CT molecular complexity index is 830. The second-order valence-electron chi connectivity index (χ2n) is 7.38. The predicted molar refractivity (Wildman–Crippen MR) is 114 cm³/mol. The average Bonchev–Trinajstić information content (AvgIpc) is 2.73. The number of likely N-dealkylation sites (tertiary alicyclic amines) is 1. The number of halogens is 1. The molecular weight excluding hydrogens is 388 g/mol. The normalized spacial score (nSPS) is 14.5. The lowest BCUT2D eigenvalue weighted by molar-refractivity contribution is -0.126. The number of hydrogen-bond donors (Lipinski definition) is 1. The molecule has 3 rings (SSSR count). The fourth-order valence-electron chi connectivity index (χ4n) is 3.44. The van der Waals surface area contributed by atoms with Gasteiger partial charge in [0, 0.05) is 36.1 Å². The number of amides is 2. The third-order valence-electron chi connectivity index (χ3n) is 5.12. The van der Waals surface area contributed by atoms with Crippen molar-refractivity contribution in [1.29, 1.82) is 0 Å². The fraction of sp³-hybridized carbons (Fsp3) is 0.391. The minimum atomic E-state index is -0.0399. The molecule has 0 atom stereocenters. The Morgan fingerprint density at radius 2 is 1.86 bits per heavy atom. The number of nitrogens with zero attached hydrogens (tertiary/aromatic N) is 1. The van der Waals surface area contributed by atoms with E-state index in [0.29, 0.717) is 49.7 Å². The molecule has 0 unspecified atom stereocenters. The molecule has 0 aliphatic carbocycles. The number of nitrogens with one attached hydrogen (secondary N) is 1. The van der Waals surface area contributed by atoms with Crippen LogP contribution in [0.1, 0.15) is 35.2 Å². The van der Waals surface area contributed by atoms with E-state index >= 15 is 0 Å². The van der Waals surface area contributed by atoms with Crippen LogP contribution in [-0.2, 0) is 4.79 Å². The third kappa shape index (κ3) is 6.23. The van der Waals surface area contributed by atoms with Crippen LogP contribution in [0.2, 0.25) is 5.02 Å². The van der Waals surface area contributed by atoms with Crippen LogP contribution in [-0.4, -0.2) is 43.0 Å². The predicted octanol–water partition coefficient (Wildman–Crippen LogP) is 4.09. The number of rotatable bonds is 7. The van der Waals surface area contributed by atoms with Gasteiger partial charge in [0.2, 0.25) is 5.91 Å². The highest BCUT2D eigenvalue weighted by Crippen LogP contribution is 2.20. The highest BCUT2D eigenvalue weighted by atomic mass is 35.5. The SMILES string of the molecule is Cc1cccc(OCCCNC(=O)C2CCN(C(=O)c3ccc(Cl)cc3)CC2)c1. The smallest absolute Gasteiger partial charge is 0.253 e. The molecular formula is C23H27ClN2O3. The largest absolute Gasteiger partial charge is 0.494 e. The van der Waals surface area contributed by atoms with Crippen LogP contribution < -0.4 is 10.1 Å². The molecule has 0 aromatic heterocycles. The summed E-state index contributed by atoms with van der Waals surface area (Å²) in [5, 5.41) is 3.61. The quantitative estimate of drug-likeness (QED) is 0.694. The second kappa shape index (κ2) is 10.3. The molecule has 5 nitrogen and oxygen atoms in total. The Labute approximate surface area is 177 Å². The summed E-state index contributed by atoms with van der Waals surface area (Å²) in [6, 6.07) is 14.8. The van der Waals surface area contributed by atoms with E-state index < -0.39 is 0 Å². The van der Waals surface area contributed by atoms with E-state index in [4.69, 9.17) is 16.3 Å². The summed E-state index contributed by atoms with van der Waals surface area (Å²) in [7, 11) is 0. The fourth-order valence-corrected chi connectivity index (χ4v) is 3.57. The first-order valence-electron chi connectivity index (χ1n) is 10.0. The summed E-state index contributed by atoms with van der Waals surface area (Å²) in [5.41, 5.74) is 1.79. The zero-order valence-electron chi connectivity index (χ0n) is 16.7. The number of piperidine rings is 1. The Morgan fingerprint density at radius 1 is 1.14 bits per heavy atom. The summed E-state index contributed by atoms with van der Waals surface area (Å²) in [6.07, 6.45) is 2.13. The van der Waals surface area contributed by atoms with Gasteiger partial charge >= 0.3 is 0 Å². The van der Waals surface area contributed by atoms with E-state index in [0.717, 1.165) is 17.7 Å². The number of ether oxygens (including phenoxy) is 1. The van der Waals surface area contributed by atoms with Crippen LogP contribution in [0.5, 0.6) is 5.75 Å². The number of hydrogen-bond acceptors (Lipinski definition) is 3. The van der Waals surface area contributed by atoms with Gasteiger partial charge in [-0.05, 0) is 68.1 Å². The van der Waals surface area contributed by atoms with E-state index in [-0.39, 0.29) is 17.7 Å². The minimum absolute atomic E-state index is 0.00572. The number of benzene rings is 2. The van der Waals surface area contributed by atoms with Crippen molar-refractivity contribution in [3.8, 4) is 5.75 Å². The molecule has 2 aromatic carbocycles. The summed E-state index contributed by atoms with van der Waals surface area (Å²) in [4.78, 5) is 26.7. The highest BCUT2D eigenvalue weighted by molar-refractivity contribution is 6.30. The first-order valence-corrected chi connectivity index (χ1v) is 10.4. The highest BCUT2D eigenvalue weighted by Gasteiger charge is 2.27. The number of carbonyl (C=O) groups excluding carboxylic acids is 2. The first kappa shape index (κ1) is 21.2. The molecule has 1 aliphatic heterocycles.